The van der Waals surface area contributed by atoms with E-state index in [0.717, 1.165) is 12.8 Å². The summed E-state index contributed by atoms with van der Waals surface area (Å²) in [6.07, 6.45) is 2.68. The standard InChI is InChI=1S/C8H15FO/c1-8(2-3-9)4-7(5-8)6-10/h7,10H,2-6H2,1H3. The SMILES string of the molecule is CC1(CCF)CC(CO)C1. The summed E-state index contributed by atoms with van der Waals surface area (Å²) in [7, 11) is 0. The summed E-state index contributed by atoms with van der Waals surface area (Å²) >= 11 is 0. The maximum absolute atomic E-state index is 11.9. The third kappa shape index (κ3) is 1.48. The van der Waals surface area contributed by atoms with E-state index in [2.05, 4.69) is 6.92 Å². The van der Waals surface area contributed by atoms with Crippen LogP contribution in [0, 0.1) is 11.3 Å². The zero-order valence-corrected chi connectivity index (χ0v) is 6.44. The lowest BCUT2D eigenvalue weighted by Gasteiger charge is -2.44. The first kappa shape index (κ1) is 7.99. The molecule has 1 N–H and O–H groups in total. The van der Waals surface area contributed by atoms with Crippen LogP contribution >= 0.6 is 0 Å². The molecule has 1 nitrogen and oxygen atoms in total. The van der Waals surface area contributed by atoms with Crippen molar-refractivity contribution in [1.82, 2.24) is 0 Å². The van der Waals surface area contributed by atoms with Gasteiger partial charge in [-0.15, -0.1) is 0 Å². The molecule has 0 aromatic heterocycles. The first-order valence-electron chi connectivity index (χ1n) is 3.87. The first-order chi connectivity index (χ1) is 4.70. The van der Waals surface area contributed by atoms with Crippen LogP contribution in [0.15, 0.2) is 0 Å². The second-order valence-corrected chi connectivity index (χ2v) is 3.71. The number of halogens is 1. The fourth-order valence-electron chi connectivity index (χ4n) is 1.90. The number of alkyl halides is 1. The molecule has 1 rings (SSSR count). The van der Waals surface area contributed by atoms with Crippen LogP contribution in [0.4, 0.5) is 4.39 Å². The largest absolute Gasteiger partial charge is 0.396 e. The molecule has 1 fully saturated rings. The van der Waals surface area contributed by atoms with Gasteiger partial charge in [0.2, 0.25) is 0 Å². The number of aliphatic hydroxyl groups excluding tert-OH is 1. The van der Waals surface area contributed by atoms with Crippen molar-refractivity contribution >= 4 is 0 Å². The van der Waals surface area contributed by atoms with Crippen LogP contribution in [0.2, 0.25) is 0 Å². The van der Waals surface area contributed by atoms with Gasteiger partial charge in [-0.3, -0.25) is 4.39 Å². The molecule has 0 saturated heterocycles. The molecule has 2 heteroatoms. The molecule has 0 aromatic carbocycles. The zero-order chi connectivity index (χ0) is 7.61. The van der Waals surface area contributed by atoms with Gasteiger partial charge < -0.3 is 5.11 Å². The number of aliphatic hydroxyl groups is 1. The average Bonchev–Trinajstić information content (AvgIpc) is 1.83. The van der Waals surface area contributed by atoms with Gasteiger partial charge in [0.15, 0.2) is 0 Å². The second kappa shape index (κ2) is 2.87. The van der Waals surface area contributed by atoms with Crippen LogP contribution in [-0.2, 0) is 0 Å². The Balaban J connectivity index is 2.20. The molecule has 0 spiro atoms. The maximum atomic E-state index is 11.9. The van der Waals surface area contributed by atoms with Gasteiger partial charge in [-0.2, -0.15) is 0 Å². The molecule has 0 bridgehead atoms. The predicted molar refractivity (Wildman–Crippen MR) is 38.5 cm³/mol. The summed E-state index contributed by atoms with van der Waals surface area (Å²) in [5.74, 6) is 0.455. The highest BCUT2D eigenvalue weighted by molar-refractivity contribution is 4.89. The first-order valence-corrected chi connectivity index (χ1v) is 3.87. The molecule has 1 aliphatic rings. The van der Waals surface area contributed by atoms with Crippen molar-refractivity contribution in [3.8, 4) is 0 Å². The molecule has 1 saturated carbocycles. The third-order valence-electron chi connectivity index (χ3n) is 2.52. The Kier molecular flexibility index (Phi) is 2.29. The van der Waals surface area contributed by atoms with Crippen molar-refractivity contribution < 1.29 is 9.50 Å². The molecule has 1 aliphatic carbocycles. The van der Waals surface area contributed by atoms with Crippen LogP contribution in [0.25, 0.3) is 0 Å². The number of hydrogen-bond acceptors (Lipinski definition) is 1. The Morgan fingerprint density at radius 3 is 2.60 bits per heavy atom. The summed E-state index contributed by atoms with van der Waals surface area (Å²) in [6, 6.07) is 0. The van der Waals surface area contributed by atoms with E-state index in [1.165, 1.54) is 0 Å². The molecular weight excluding hydrogens is 131 g/mol. The van der Waals surface area contributed by atoms with E-state index in [1.807, 2.05) is 0 Å². The Morgan fingerprint density at radius 2 is 2.20 bits per heavy atom. The van der Waals surface area contributed by atoms with Gasteiger partial charge in [0.25, 0.3) is 0 Å². The highest BCUT2D eigenvalue weighted by Gasteiger charge is 2.38. The minimum Gasteiger partial charge on any atom is -0.396 e. The van der Waals surface area contributed by atoms with Crippen LogP contribution in [0.5, 0.6) is 0 Å². The van der Waals surface area contributed by atoms with Crippen molar-refractivity contribution in [2.75, 3.05) is 13.3 Å². The van der Waals surface area contributed by atoms with Crippen LogP contribution < -0.4 is 0 Å². The fraction of sp³-hybridized carbons (Fsp3) is 1.00. The summed E-state index contributed by atoms with van der Waals surface area (Å²) < 4.78 is 11.9. The Morgan fingerprint density at radius 1 is 1.60 bits per heavy atom. The lowest BCUT2D eigenvalue weighted by Crippen LogP contribution is -2.36. The molecular formula is C8H15FO. The second-order valence-electron chi connectivity index (χ2n) is 3.71. The molecule has 0 radical (unpaired) electrons. The van der Waals surface area contributed by atoms with Gasteiger partial charge in [0.05, 0.1) is 6.67 Å². The van der Waals surface area contributed by atoms with Crippen molar-refractivity contribution in [3.05, 3.63) is 0 Å². The lowest BCUT2D eigenvalue weighted by atomic mass is 9.62. The van der Waals surface area contributed by atoms with E-state index >= 15 is 0 Å². The molecule has 0 atom stereocenters. The molecule has 0 heterocycles. The monoisotopic (exact) mass is 146 g/mol. The van der Waals surface area contributed by atoms with E-state index in [9.17, 15) is 4.39 Å². The van der Waals surface area contributed by atoms with Crippen molar-refractivity contribution in [2.24, 2.45) is 11.3 Å². The van der Waals surface area contributed by atoms with Crippen molar-refractivity contribution in [3.63, 3.8) is 0 Å². The van der Waals surface area contributed by atoms with Gasteiger partial charge in [-0.25, -0.2) is 0 Å². The summed E-state index contributed by atoms with van der Waals surface area (Å²) in [5, 5.41) is 8.69. The summed E-state index contributed by atoms with van der Waals surface area (Å²) in [4.78, 5) is 0. The molecule has 10 heavy (non-hydrogen) atoms. The highest BCUT2D eigenvalue weighted by Crippen LogP contribution is 2.47. The van der Waals surface area contributed by atoms with E-state index in [1.54, 1.807) is 0 Å². The smallest absolute Gasteiger partial charge is 0.0899 e. The topological polar surface area (TPSA) is 20.2 Å². The van der Waals surface area contributed by atoms with Gasteiger partial charge in [0, 0.05) is 6.61 Å². The van der Waals surface area contributed by atoms with Gasteiger partial charge in [-0.1, -0.05) is 6.92 Å². The van der Waals surface area contributed by atoms with E-state index in [-0.39, 0.29) is 18.7 Å². The van der Waals surface area contributed by atoms with Crippen molar-refractivity contribution in [2.45, 2.75) is 26.2 Å². The van der Waals surface area contributed by atoms with E-state index < -0.39 is 0 Å². The summed E-state index contributed by atoms with van der Waals surface area (Å²) in [6.45, 7) is 2.16. The van der Waals surface area contributed by atoms with Crippen LogP contribution in [0.1, 0.15) is 26.2 Å². The quantitative estimate of drug-likeness (QED) is 0.643. The van der Waals surface area contributed by atoms with Gasteiger partial charge in [-0.05, 0) is 30.6 Å². The lowest BCUT2D eigenvalue weighted by molar-refractivity contribution is 0.0199. The average molecular weight is 146 g/mol. The fourth-order valence-corrected chi connectivity index (χ4v) is 1.90. The van der Waals surface area contributed by atoms with Gasteiger partial charge >= 0.3 is 0 Å². The van der Waals surface area contributed by atoms with Crippen molar-refractivity contribution in [1.29, 1.82) is 0 Å². The minimum absolute atomic E-state index is 0.210. The molecule has 0 aromatic rings. The normalized spacial score (nSPS) is 39.3. The van der Waals surface area contributed by atoms with Gasteiger partial charge in [0.1, 0.15) is 0 Å². The zero-order valence-electron chi connectivity index (χ0n) is 6.44. The Hall–Kier alpha value is -0.110. The highest BCUT2D eigenvalue weighted by atomic mass is 19.1. The predicted octanol–water partition coefficient (Wildman–Crippen LogP) is 1.75. The maximum Gasteiger partial charge on any atom is 0.0899 e. The molecule has 60 valence electrons. The minimum atomic E-state index is -0.214. The van der Waals surface area contributed by atoms with E-state index in [0.29, 0.717) is 12.3 Å². The Labute approximate surface area is 61.2 Å². The third-order valence-corrected chi connectivity index (χ3v) is 2.52. The Bertz CT molecular complexity index is 108. The summed E-state index contributed by atoms with van der Waals surface area (Å²) in [5.41, 5.74) is 0.210. The number of hydrogen-bond donors (Lipinski definition) is 1. The number of rotatable bonds is 3. The van der Waals surface area contributed by atoms with E-state index in [4.69, 9.17) is 5.11 Å². The molecule has 0 aliphatic heterocycles. The van der Waals surface area contributed by atoms with Crippen LogP contribution in [-0.4, -0.2) is 18.4 Å². The van der Waals surface area contributed by atoms with Crippen LogP contribution in [0.3, 0.4) is 0 Å². The molecule has 0 amide bonds. The molecule has 0 unspecified atom stereocenters.